The van der Waals surface area contributed by atoms with Crippen molar-refractivity contribution in [3.8, 4) is 0 Å². The second-order valence-corrected chi connectivity index (χ2v) is 5.85. The first kappa shape index (κ1) is 22.1. The third kappa shape index (κ3) is 8.43. The predicted octanol–water partition coefficient (Wildman–Crippen LogP) is -0.210. The molecule has 0 spiro atoms. The molecule has 9 nitrogen and oxygen atoms in total. The molecule has 0 bridgehead atoms. The number of aliphatic hydroxyl groups is 1. The number of morpholine rings is 1. The molecule has 1 fully saturated rings. The standard InChI is InChI=1S/C15H27N3O2.C2H2O4/c1-2-16(8-11-19)14-15-4-3-5-18(15)7-6-17-9-12-20-13-10-17;3-1(4)2(5)6/h3-5,19H,2,6-14H2,1H3;(H,3,4)(H,5,6). The summed E-state index contributed by atoms with van der Waals surface area (Å²) in [6.45, 7) is 10.9. The van der Waals surface area contributed by atoms with Gasteiger partial charge < -0.3 is 24.6 Å². The zero-order chi connectivity index (χ0) is 19.4. The molecule has 1 aromatic rings. The summed E-state index contributed by atoms with van der Waals surface area (Å²) in [7, 11) is 0. The Morgan fingerprint density at radius 2 is 1.85 bits per heavy atom. The largest absolute Gasteiger partial charge is 0.473 e. The maximum atomic E-state index is 9.10. The fraction of sp³-hybridized carbons (Fsp3) is 0.647. The second-order valence-electron chi connectivity index (χ2n) is 5.85. The van der Waals surface area contributed by atoms with Gasteiger partial charge in [0.05, 0.1) is 19.8 Å². The monoisotopic (exact) mass is 371 g/mol. The van der Waals surface area contributed by atoms with Crippen molar-refractivity contribution in [2.75, 3.05) is 52.5 Å². The van der Waals surface area contributed by atoms with Crippen LogP contribution in [-0.4, -0.2) is 94.2 Å². The number of hydrogen-bond donors (Lipinski definition) is 3. The van der Waals surface area contributed by atoms with E-state index >= 15 is 0 Å². The van der Waals surface area contributed by atoms with Crippen LogP contribution in [0.25, 0.3) is 0 Å². The van der Waals surface area contributed by atoms with Crippen molar-refractivity contribution in [2.45, 2.75) is 20.0 Å². The van der Waals surface area contributed by atoms with Gasteiger partial charge in [-0.05, 0) is 18.7 Å². The van der Waals surface area contributed by atoms with E-state index in [2.05, 4.69) is 39.6 Å². The highest BCUT2D eigenvalue weighted by molar-refractivity contribution is 6.27. The van der Waals surface area contributed by atoms with Crippen molar-refractivity contribution in [1.82, 2.24) is 14.4 Å². The minimum absolute atomic E-state index is 0.225. The van der Waals surface area contributed by atoms with Crippen LogP contribution >= 0.6 is 0 Å². The maximum Gasteiger partial charge on any atom is 0.414 e. The summed E-state index contributed by atoms with van der Waals surface area (Å²) in [6.07, 6.45) is 2.16. The number of nitrogens with zero attached hydrogens (tertiary/aromatic N) is 3. The molecule has 3 N–H and O–H groups in total. The highest BCUT2D eigenvalue weighted by atomic mass is 16.5. The number of ether oxygens (including phenoxy) is 1. The Labute approximate surface area is 153 Å². The minimum atomic E-state index is -1.82. The number of carbonyl (C=O) groups is 2. The third-order valence-electron chi connectivity index (χ3n) is 4.12. The Bertz CT molecular complexity index is 530. The number of likely N-dealkylation sites (N-methyl/N-ethyl adjacent to an activating group) is 1. The highest BCUT2D eigenvalue weighted by Crippen LogP contribution is 2.07. The van der Waals surface area contributed by atoms with Crippen molar-refractivity contribution in [2.24, 2.45) is 0 Å². The van der Waals surface area contributed by atoms with Crippen LogP contribution in [0.15, 0.2) is 18.3 Å². The van der Waals surface area contributed by atoms with Gasteiger partial charge in [0, 0.05) is 51.2 Å². The Kier molecular flexibility index (Phi) is 10.6. The van der Waals surface area contributed by atoms with Crippen LogP contribution in [0.3, 0.4) is 0 Å². The summed E-state index contributed by atoms with van der Waals surface area (Å²) in [6, 6.07) is 4.29. The van der Waals surface area contributed by atoms with Crippen molar-refractivity contribution in [3.05, 3.63) is 24.0 Å². The number of aliphatic hydroxyl groups excluding tert-OH is 1. The topological polar surface area (TPSA) is 115 Å². The number of aliphatic carboxylic acids is 2. The lowest BCUT2D eigenvalue weighted by Gasteiger charge is -2.27. The van der Waals surface area contributed by atoms with E-state index in [1.54, 1.807) is 0 Å². The summed E-state index contributed by atoms with van der Waals surface area (Å²) in [4.78, 5) is 22.9. The molecular weight excluding hydrogens is 342 g/mol. The molecule has 26 heavy (non-hydrogen) atoms. The van der Waals surface area contributed by atoms with Crippen molar-refractivity contribution < 1.29 is 29.6 Å². The molecule has 1 aliphatic heterocycles. The lowest BCUT2D eigenvalue weighted by atomic mass is 10.3. The van der Waals surface area contributed by atoms with Crippen molar-refractivity contribution in [1.29, 1.82) is 0 Å². The SMILES string of the molecule is CCN(CCO)Cc1cccn1CCN1CCOCC1.O=C(O)C(=O)O. The van der Waals surface area contributed by atoms with Gasteiger partial charge in [0.15, 0.2) is 0 Å². The highest BCUT2D eigenvalue weighted by Gasteiger charge is 2.11. The molecule has 1 saturated heterocycles. The molecule has 2 rings (SSSR count). The molecule has 0 amide bonds. The molecule has 0 aromatic carbocycles. The fourth-order valence-electron chi connectivity index (χ4n) is 2.60. The molecule has 148 valence electrons. The van der Waals surface area contributed by atoms with Crippen LogP contribution in [0.1, 0.15) is 12.6 Å². The average Bonchev–Trinajstić information content (AvgIpc) is 3.08. The lowest BCUT2D eigenvalue weighted by molar-refractivity contribution is -0.159. The molecule has 0 atom stereocenters. The second kappa shape index (κ2) is 12.4. The van der Waals surface area contributed by atoms with E-state index in [9.17, 15) is 0 Å². The van der Waals surface area contributed by atoms with E-state index < -0.39 is 11.9 Å². The van der Waals surface area contributed by atoms with Gasteiger partial charge in [-0.3, -0.25) is 9.80 Å². The van der Waals surface area contributed by atoms with E-state index in [-0.39, 0.29) is 6.61 Å². The molecule has 2 heterocycles. The third-order valence-corrected chi connectivity index (χ3v) is 4.12. The molecule has 9 heteroatoms. The van der Waals surface area contributed by atoms with E-state index in [1.807, 2.05) is 0 Å². The van der Waals surface area contributed by atoms with E-state index in [0.717, 1.165) is 59.0 Å². The first-order valence-electron chi connectivity index (χ1n) is 8.71. The normalized spacial score (nSPS) is 14.7. The summed E-state index contributed by atoms with van der Waals surface area (Å²) >= 11 is 0. The summed E-state index contributed by atoms with van der Waals surface area (Å²) in [5.41, 5.74) is 1.33. The zero-order valence-corrected chi connectivity index (χ0v) is 15.2. The predicted molar refractivity (Wildman–Crippen MR) is 95.0 cm³/mol. The zero-order valence-electron chi connectivity index (χ0n) is 15.2. The minimum Gasteiger partial charge on any atom is -0.473 e. The van der Waals surface area contributed by atoms with Gasteiger partial charge in [-0.1, -0.05) is 6.92 Å². The molecular formula is C17H29N3O6. The molecule has 1 aromatic heterocycles. The average molecular weight is 371 g/mol. The van der Waals surface area contributed by atoms with Crippen molar-refractivity contribution in [3.63, 3.8) is 0 Å². The van der Waals surface area contributed by atoms with Crippen LogP contribution in [0, 0.1) is 0 Å². The number of rotatable bonds is 8. The summed E-state index contributed by atoms with van der Waals surface area (Å²) in [5, 5.41) is 23.9. The van der Waals surface area contributed by atoms with Gasteiger partial charge >= 0.3 is 11.9 Å². The van der Waals surface area contributed by atoms with Crippen LogP contribution < -0.4 is 0 Å². The lowest BCUT2D eigenvalue weighted by Crippen LogP contribution is -2.38. The van der Waals surface area contributed by atoms with Gasteiger partial charge in [-0.2, -0.15) is 0 Å². The number of aromatic nitrogens is 1. The first-order valence-corrected chi connectivity index (χ1v) is 8.71. The molecule has 1 aliphatic rings. The van der Waals surface area contributed by atoms with Crippen LogP contribution in [-0.2, 0) is 27.4 Å². The van der Waals surface area contributed by atoms with Crippen molar-refractivity contribution >= 4 is 11.9 Å². The Morgan fingerprint density at radius 3 is 2.38 bits per heavy atom. The van der Waals surface area contributed by atoms with E-state index in [0.29, 0.717) is 0 Å². The van der Waals surface area contributed by atoms with E-state index in [4.69, 9.17) is 29.6 Å². The molecule has 0 aliphatic carbocycles. The Morgan fingerprint density at radius 1 is 1.19 bits per heavy atom. The van der Waals surface area contributed by atoms with Gasteiger partial charge in [0.1, 0.15) is 0 Å². The quantitative estimate of drug-likeness (QED) is 0.538. The van der Waals surface area contributed by atoms with Crippen LogP contribution in [0.5, 0.6) is 0 Å². The summed E-state index contributed by atoms with van der Waals surface area (Å²) < 4.78 is 7.70. The molecule has 0 saturated carbocycles. The van der Waals surface area contributed by atoms with E-state index in [1.165, 1.54) is 5.69 Å². The Hall–Kier alpha value is -1.94. The van der Waals surface area contributed by atoms with Crippen LogP contribution in [0.4, 0.5) is 0 Å². The molecule has 0 unspecified atom stereocenters. The van der Waals surface area contributed by atoms with Gasteiger partial charge in [0.25, 0.3) is 0 Å². The van der Waals surface area contributed by atoms with Gasteiger partial charge in [-0.15, -0.1) is 0 Å². The summed E-state index contributed by atoms with van der Waals surface area (Å²) in [5.74, 6) is -3.65. The molecule has 0 radical (unpaired) electrons. The smallest absolute Gasteiger partial charge is 0.414 e. The number of carboxylic acids is 2. The first-order chi connectivity index (χ1) is 12.5. The Balaban J connectivity index is 0.000000487. The fourth-order valence-corrected chi connectivity index (χ4v) is 2.60. The maximum absolute atomic E-state index is 9.10. The van der Waals surface area contributed by atoms with Crippen LogP contribution in [0.2, 0.25) is 0 Å². The number of hydrogen-bond acceptors (Lipinski definition) is 6. The van der Waals surface area contributed by atoms with Gasteiger partial charge in [0.2, 0.25) is 0 Å². The van der Waals surface area contributed by atoms with Gasteiger partial charge in [-0.25, -0.2) is 9.59 Å². The number of carboxylic acid groups (broad SMARTS) is 2.